The zero-order valence-electron chi connectivity index (χ0n) is 14.9. The quantitative estimate of drug-likeness (QED) is 0.678. The molecular weight excluding hydrogens is 248 g/mol. The Hall–Kier alpha value is -0.120. The van der Waals surface area contributed by atoms with Crippen LogP contribution in [0.3, 0.4) is 0 Å². The minimum Gasteiger partial charge on any atom is -0.378 e. The molecule has 118 valence electrons. The lowest BCUT2D eigenvalue weighted by Crippen LogP contribution is -2.60. The molecule has 0 aromatic rings. The van der Waals surface area contributed by atoms with Crippen LogP contribution < -0.4 is 0 Å². The van der Waals surface area contributed by atoms with E-state index >= 15 is 0 Å². The fourth-order valence-electron chi connectivity index (χ4n) is 4.12. The van der Waals surface area contributed by atoms with E-state index in [2.05, 4.69) is 72.1 Å². The van der Waals surface area contributed by atoms with Crippen LogP contribution in [0, 0.1) is 5.41 Å². The van der Waals surface area contributed by atoms with Crippen molar-refractivity contribution in [3.05, 3.63) is 0 Å². The molecule has 2 heterocycles. The van der Waals surface area contributed by atoms with Gasteiger partial charge in [0.1, 0.15) is 0 Å². The van der Waals surface area contributed by atoms with E-state index in [9.17, 15) is 0 Å². The summed E-state index contributed by atoms with van der Waals surface area (Å²) < 4.78 is 5.84. The fraction of sp³-hybridized carbons (Fsp3) is 1.00. The summed E-state index contributed by atoms with van der Waals surface area (Å²) in [5, 5.41) is 0. The topological polar surface area (TPSA) is 15.7 Å². The van der Waals surface area contributed by atoms with Crippen LogP contribution in [0.25, 0.3) is 0 Å². The second-order valence-corrected chi connectivity index (χ2v) is 9.57. The second kappa shape index (κ2) is 4.69. The lowest BCUT2D eigenvalue weighted by Gasteiger charge is -2.50. The Morgan fingerprint density at radius 3 is 1.30 bits per heavy atom. The molecule has 0 aliphatic carbocycles. The van der Waals surface area contributed by atoms with Gasteiger partial charge in [0.25, 0.3) is 0 Å². The van der Waals surface area contributed by atoms with Crippen LogP contribution in [0.15, 0.2) is 0 Å². The molecular formula is C17H34N2O. The highest BCUT2D eigenvalue weighted by atomic mass is 16.5. The van der Waals surface area contributed by atoms with Crippen molar-refractivity contribution in [3.8, 4) is 0 Å². The summed E-state index contributed by atoms with van der Waals surface area (Å²) in [7, 11) is 0. The van der Waals surface area contributed by atoms with Crippen LogP contribution in [0.5, 0.6) is 0 Å². The molecule has 2 rings (SSSR count). The summed E-state index contributed by atoms with van der Waals surface area (Å²) in [5.41, 5.74) is 0.550. The van der Waals surface area contributed by atoms with Gasteiger partial charge in [-0.2, -0.15) is 0 Å². The summed E-state index contributed by atoms with van der Waals surface area (Å²) in [6.07, 6.45) is 0.460. The lowest BCUT2D eigenvalue weighted by molar-refractivity contribution is -0.0771. The van der Waals surface area contributed by atoms with Gasteiger partial charge < -0.3 is 4.74 Å². The van der Waals surface area contributed by atoms with Gasteiger partial charge in [0.2, 0.25) is 0 Å². The predicted octanol–water partition coefficient (Wildman–Crippen LogP) is 3.34. The van der Waals surface area contributed by atoms with Crippen LogP contribution >= 0.6 is 0 Å². The van der Waals surface area contributed by atoms with E-state index in [0.717, 1.165) is 13.2 Å². The molecule has 0 N–H and O–H groups in total. The zero-order chi connectivity index (χ0) is 15.5. The van der Waals surface area contributed by atoms with Gasteiger partial charge in [-0.15, -0.1) is 0 Å². The maximum atomic E-state index is 5.84. The summed E-state index contributed by atoms with van der Waals surface area (Å²) in [6, 6.07) is 1.05. The minimum absolute atomic E-state index is 0.161. The fourth-order valence-corrected chi connectivity index (χ4v) is 4.12. The molecule has 2 aliphatic rings. The lowest BCUT2D eigenvalue weighted by atomic mass is 9.86. The highest BCUT2D eigenvalue weighted by molar-refractivity contribution is 5.10. The molecule has 0 bridgehead atoms. The molecule has 0 saturated carbocycles. The third-order valence-corrected chi connectivity index (χ3v) is 4.59. The Bertz CT molecular complexity index is 331. The molecule has 3 heteroatoms. The van der Waals surface area contributed by atoms with Crippen molar-refractivity contribution in [2.45, 2.75) is 91.6 Å². The van der Waals surface area contributed by atoms with Crippen LogP contribution in [-0.4, -0.2) is 52.3 Å². The molecule has 20 heavy (non-hydrogen) atoms. The van der Waals surface area contributed by atoms with Gasteiger partial charge in [0.15, 0.2) is 0 Å². The Labute approximate surface area is 125 Å². The molecule has 0 aromatic heterocycles. The van der Waals surface area contributed by atoms with Crippen LogP contribution in [-0.2, 0) is 4.74 Å². The maximum absolute atomic E-state index is 5.84. The number of fused-ring (bicyclic) bond motifs is 1. The van der Waals surface area contributed by atoms with Crippen molar-refractivity contribution in [1.29, 1.82) is 0 Å². The summed E-state index contributed by atoms with van der Waals surface area (Å²) in [4.78, 5) is 5.44. The first kappa shape index (κ1) is 16.3. The number of ether oxygens (including phenoxy) is 1. The molecule has 2 saturated heterocycles. The van der Waals surface area contributed by atoms with E-state index in [1.807, 2.05) is 0 Å². The molecule has 0 radical (unpaired) electrons. The van der Waals surface area contributed by atoms with Crippen molar-refractivity contribution in [3.63, 3.8) is 0 Å². The summed E-state index contributed by atoms with van der Waals surface area (Å²) in [5.74, 6) is 0. The van der Waals surface area contributed by atoms with Crippen LogP contribution in [0.4, 0.5) is 0 Å². The van der Waals surface area contributed by atoms with E-state index in [-0.39, 0.29) is 16.5 Å². The molecule has 3 nitrogen and oxygen atoms in total. The third kappa shape index (κ3) is 2.65. The minimum atomic E-state index is 0.161. The van der Waals surface area contributed by atoms with Crippen LogP contribution in [0.1, 0.15) is 62.3 Å². The van der Waals surface area contributed by atoms with E-state index in [0.29, 0.717) is 18.2 Å². The van der Waals surface area contributed by atoms with Crippen molar-refractivity contribution in [1.82, 2.24) is 9.80 Å². The first-order valence-electron chi connectivity index (χ1n) is 8.00. The predicted molar refractivity (Wildman–Crippen MR) is 84.8 cm³/mol. The highest BCUT2D eigenvalue weighted by Gasteiger charge is 2.58. The Morgan fingerprint density at radius 2 is 1.05 bits per heavy atom. The average molecular weight is 282 g/mol. The molecule has 0 amide bonds. The van der Waals surface area contributed by atoms with E-state index < -0.39 is 0 Å². The normalized spacial score (nSPS) is 33.8. The first-order chi connectivity index (χ1) is 8.85. The first-order valence-corrected chi connectivity index (χ1v) is 8.00. The molecule has 0 aromatic carbocycles. The van der Waals surface area contributed by atoms with Gasteiger partial charge in [-0.25, -0.2) is 0 Å². The molecule has 2 fully saturated rings. The van der Waals surface area contributed by atoms with Gasteiger partial charge in [0.05, 0.1) is 31.5 Å². The molecule has 0 spiro atoms. The number of nitrogens with zero attached hydrogens (tertiary/aromatic N) is 2. The summed E-state index contributed by atoms with van der Waals surface area (Å²) in [6.45, 7) is 22.9. The van der Waals surface area contributed by atoms with Gasteiger partial charge >= 0.3 is 0 Å². The van der Waals surface area contributed by atoms with Gasteiger partial charge in [-0.05, 0) is 47.0 Å². The van der Waals surface area contributed by atoms with E-state index in [1.165, 1.54) is 0 Å². The van der Waals surface area contributed by atoms with Gasteiger partial charge in [-0.3, -0.25) is 9.80 Å². The Morgan fingerprint density at radius 1 is 0.700 bits per heavy atom. The van der Waals surface area contributed by atoms with E-state index in [4.69, 9.17) is 4.74 Å². The number of rotatable bonds is 0. The number of hydrogen-bond donors (Lipinski definition) is 0. The second-order valence-electron chi connectivity index (χ2n) is 9.57. The third-order valence-electron chi connectivity index (χ3n) is 4.59. The average Bonchev–Trinajstić information content (AvgIpc) is 2.67. The monoisotopic (exact) mass is 282 g/mol. The Balaban J connectivity index is 2.50. The molecule has 2 atom stereocenters. The SMILES string of the molecule is CC(C)(C)C1N(C(C)(C)C)C2COCC2N1C(C)(C)C. The van der Waals surface area contributed by atoms with E-state index in [1.54, 1.807) is 0 Å². The van der Waals surface area contributed by atoms with Crippen molar-refractivity contribution in [2.24, 2.45) is 5.41 Å². The molecule has 2 aliphatic heterocycles. The molecule has 2 unspecified atom stereocenters. The zero-order valence-corrected chi connectivity index (χ0v) is 14.9. The van der Waals surface area contributed by atoms with Crippen molar-refractivity contribution < 1.29 is 4.74 Å². The highest BCUT2D eigenvalue weighted by Crippen LogP contribution is 2.46. The van der Waals surface area contributed by atoms with Crippen molar-refractivity contribution >= 4 is 0 Å². The van der Waals surface area contributed by atoms with Gasteiger partial charge in [-0.1, -0.05) is 20.8 Å². The smallest absolute Gasteiger partial charge is 0.0688 e. The standard InChI is InChI=1S/C17H34N2O/c1-15(2,3)14-18(16(4,5)6)12-10-20-11-13(12)19(14)17(7,8)9/h12-14H,10-11H2,1-9H3. The van der Waals surface area contributed by atoms with Gasteiger partial charge in [0, 0.05) is 11.1 Å². The summed E-state index contributed by atoms with van der Waals surface area (Å²) >= 11 is 0. The van der Waals surface area contributed by atoms with Crippen LogP contribution in [0.2, 0.25) is 0 Å². The maximum Gasteiger partial charge on any atom is 0.0688 e. The number of hydrogen-bond acceptors (Lipinski definition) is 3. The Kier molecular flexibility index (Phi) is 3.81. The van der Waals surface area contributed by atoms with Crippen molar-refractivity contribution in [2.75, 3.05) is 13.2 Å². The largest absolute Gasteiger partial charge is 0.378 e.